The number of nitrogens with one attached hydrogen (secondary N) is 2. The number of hydrogen-bond donors (Lipinski definition) is 2. The standard InChI is InChI=1S/C21H21FN6O2/c1-21(2)11-29-19(30-12-21)18-27-16(13-3-5-14(22)6-4-13)17(28-18)15-7-9-24-20(26-15)25-10-8-23/h3-7,9,19H,10-12H2,1-2H3,(H,27,28)(H,24,25,26). The minimum Gasteiger partial charge on any atom is -0.345 e. The van der Waals surface area contributed by atoms with Gasteiger partial charge in [0.1, 0.15) is 12.4 Å². The van der Waals surface area contributed by atoms with E-state index in [0.717, 1.165) is 5.56 Å². The van der Waals surface area contributed by atoms with Crippen molar-refractivity contribution in [2.24, 2.45) is 5.41 Å². The number of anilines is 1. The lowest BCUT2D eigenvalue weighted by Crippen LogP contribution is -2.34. The highest BCUT2D eigenvalue weighted by atomic mass is 19.1. The first-order valence-corrected chi connectivity index (χ1v) is 9.48. The number of H-pyrrole nitrogens is 1. The van der Waals surface area contributed by atoms with Crippen molar-refractivity contribution >= 4 is 5.95 Å². The van der Waals surface area contributed by atoms with Crippen molar-refractivity contribution in [1.29, 1.82) is 5.26 Å². The Morgan fingerprint density at radius 3 is 2.63 bits per heavy atom. The summed E-state index contributed by atoms with van der Waals surface area (Å²) in [5, 5.41) is 11.6. The number of aromatic nitrogens is 4. The van der Waals surface area contributed by atoms with E-state index in [4.69, 9.17) is 14.7 Å². The van der Waals surface area contributed by atoms with E-state index in [-0.39, 0.29) is 17.8 Å². The van der Waals surface area contributed by atoms with Crippen LogP contribution in [0.25, 0.3) is 22.6 Å². The van der Waals surface area contributed by atoms with Crippen LogP contribution in [-0.4, -0.2) is 39.7 Å². The lowest BCUT2D eigenvalue weighted by Gasteiger charge is -2.33. The van der Waals surface area contributed by atoms with Crippen LogP contribution in [0.5, 0.6) is 0 Å². The zero-order chi connectivity index (χ0) is 21.1. The van der Waals surface area contributed by atoms with E-state index in [1.54, 1.807) is 24.4 Å². The molecule has 0 saturated carbocycles. The van der Waals surface area contributed by atoms with Gasteiger partial charge >= 0.3 is 0 Å². The molecule has 9 heteroatoms. The largest absolute Gasteiger partial charge is 0.345 e. The quantitative estimate of drug-likeness (QED) is 0.620. The number of nitriles is 1. The van der Waals surface area contributed by atoms with Gasteiger partial charge in [-0.05, 0) is 30.3 Å². The fraction of sp³-hybridized carbons (Fsp3) is 0.333. The van der Waals surface area contributed by atoms with E-state index in [1.165, 1.54) is 12.1 Å². The maximum absolute atomic E-state index is 13.4. The van der Waals surface area contributed by atoms with Gasteiger partial charge in [-0.1, -0.05) is 13.8 Å². The Labute approximate surface area is 173 Å². The lowest BCUT2D eigenvalue weighted by atomic mass is 9.96. The minimum absolute atomic E-state index is 0.0698. The van der Waals surface area contributed by atoms with Gasteiger partial charge in [0.05, 0.1) is 36.4 Å². The minimum atomic E-state index is -0.635. The summed E-state index contributed by atoms with van der Waals surface area (Å²) in [6.45, 7) is 5.29. The van der Waals surface area contributed by atoms with E-state index in [1.807, 2.05) is 6.07 Å². The van der Waals surface area contributed by atoms with Crippen LogP contribution in [0.3, 0.4) is 0 Å². The average Bonchev–Trinajstić information content (AvgIpc) is 3.18. The molecule has 3 aromatic rings. The van der Waals surface area contributed by atoms with Crippen LogP contribution >= 0.6 is 0 Å². The topological polar surface area (TPSA) is 109 Å². The van der Waals surface area contributed by atoms with Crippen LogP contribution in [-0.2, 0) is 9.47 Å². The summed E-state index contributed by atoms with van der Waals surface area (Å²) >= 11 is 0. The molecule has 0 amide bonds. The molecule has 0 bridgehead atoms. The van der Waals surface area contributed by atoms with Gasteiger partial charge in [-0.25, -0.2) is 19.3 Å². The van der Waals surface area contributed by atoms with Gasteiger partial charge in [0, 0.05) is 17.2 Å². The average molecular weight is 408 g/mol. The Hall–Kier alpha value is -3.35. The van der Waals surface area contributed by atoms with Gasteiger partial charge in [-0.2, -0.15) is 5.26 Å². The number of benzene rings is 1. The second kappa shape index (κ2) is 8.18. The van der Waals surface area contributed by atoms with Crippen molar-refractivity contribution in [1.82, 2.24) is 19.9 Å². The molecule has 1 aliphatic heterocycles. The third-order valence-electron chi connectivity index (χ3n) is 4.55. The molecule has 0 unspecified atom stereocenters. The molecule has 0 atom stereocenters. The van der Waals surface area contributed by atoms with Gasteiger partial charge in [0.25, 0.3) is 0 Å². The number of rotatable bonds is 5. The number of aromatic amines is 1. The van der Waals surface area contributed by atoms with Crippen LogP contribution in [0.2, 0.25) is 0 Å². The number of nitrogens with zero attached hydrogens (tertiary/aromatic N) is 4. The SMILES string of the molecule is CC1(C)COC(c2nc(-c3ccc(F)cc3)c(-c3ccnc(NCC#N)n3)[nH]2)OC1. The highest BCUT2D eigenvalue weighted by Gasteiger charge is 2.32. The van der Waals surface area contributed by atoms with Crippen LogP contribution < -0.4 is 5.32 Å². The van der Waals surface area contributed by atoms with Crippen LogP contribution in [0.4, 0.5) is 10.3 Å². The van der Waals surface area contributed by atoms with Crippen LogP contribution in [0.15, 0.2) is 36.5 Å². The van der Waals surface area contributed by atoms with Gasteiger partial charge in [0.2, 0.25) is 12.2 Å². The van der Waals surface area contributed by atoms with Gasteiger partial charge in [-0.3, -0.25) is 0 Å². The Kier molecular flexibility index (Phi) is 5.44. The van der Waals surface area contributed by atoms with Crippen molar-refractivity contribution in [2.45, 2.75) is 20.1 Å². The molecule has 4 rings (SSSR count). The maximum atomic E-state index is 13.4. The van der Waals surface area contributed by atoms with Gasteiger partial charge < -0.3 is 19.8 Å². The molecule has 0 aliphatic carbocycles. The Morgan fingerprint density at radius 1 is 1.20 bits per heavy atom. The Morgan fingerprint density at radius 2 is 1.93 bits per heavy atom. The molecular formula is C21H21FN6O2. The summed E-state index contributed by atoms with van der Waals surface area (Å²) in [5.41, 5.74) is 2.43. The number of ether oxygens (including phenoxy) is 2. The monoisotopic (exact) mass is 408 g/mol. The second-order valence-electron chi connectivity index (χ2n) is 7.75. The summed E-state index contributed by atoms with van der Waals surface area (Å²) in [4.78, 5) is 16.5. The Bertz CT molecular complexity index is 1060. The molecule has 8 nitrogen and oxygen atoms in total. The Balaban J connectivity index is 1.74. The van der Waals surface area contributed by atoms with Crippen molar-refractivity contribution in [3.8, 4) is 28.7 Å². The zero-order valence-electron chi connectivity index (χ0n) is 16.6. The maximum Gasteiger partial charge on any atom is 0.224 e. The molecule has 30 heavy (non-hydrogen) atoms. The van der Waals surface area contributed by atoms with E-state index < -0.39 is 6.29 Å². The zero-order valence-corrected chi connectivity index (χ0v) is 16.6. The van der Waals surface area contributed by atoms with E-state index >= 15 is 0 Å². The summed E-state index contributed by atoms with van der Waals surface area (Å²) in [6, 6.07) is 9.78. The predicted molar refractivity (Wildman–Crippen MR) is 108 cm³/mol. The summed E-state index contributed by atoms with van der Waals surface area (Å²) in [6.07, 6.45) is 0.955. The number of imidazole rings is 1. The van der Waals surface area contributed by atoms with Crippen molar-refractivity contribution < 1.29 is 13.9 Å². The van der Waals surface area contributed by atoms with E-state index in [2.05, 4.69) is 39.1 Å². The second-order valence-corrected chi connectivity index (χ2v) is 7.75. The fourth-order valence-corrected chi connectivity index (χ4v) is 3.06. The summed E-state index contributed by atoms with van der Waals surface area (Å²) < 4.78 is 25.2. The normalized spacial score (nSPS) is 16.2. The van der Waals surface area contributed by atoms with E-state index in [9.17, 15) is 4.39 Å². The van der Waals surface area contributed by atoms with Crippen molar-refractivity contribution in [2.75, 3.05) is 25.1 Å². The number of halogens is 1. The molecule has 2 N–H and O–H groups in total. The highest BCUT2D eigenvalue weighted by Crippen LogP contribution is 2.35. The molecule has 1 aromatic carbocycles. The molecule has 1 aliphatic rings. The highest BCUT2D eigenvalue weighted by molar-refractivity contribution is 5.77. The number of hydrogen-bond acceptors (Lipinski definition) is 7. The third-order valence-corrected chi connectivity index (χ3v) is 4.55. The predicted octanol–water partition coefficient (Wildman–Crippen LogP) is 3.68. The smallest absolute Gasteiger partial charge is 0.224 e. The summed E-state index contributed by atoms with van der Waals surface area (Å²) in [5.74, 6) is 0.495. The van der Waals surface area contributed by atoms with Crippen molar-refractivity contribution in [3.63, 3.8) is 0 Å². The molecule has 0 radical (unpaired) electrons. The molecule has 3 heterocycles. The lowest BCUT2D eigenvalue weighted by molar-refractivity contribution is -0.229. The first-order chi connectivity index (χ1) is 14.4. The molecular weight excluding hydrogens is 387 g/mol. The van der Waals surface area contributed by atoms with Gasteiger partial charge in [0.15, 0.2) is 5.82 Å². The first kappa shape index (κ1) is 19.9. The fourth-order valence-electron chi connectivity index (χ4n) is 3.06. The molecule has 2 aromatic heterocycles. The van der Waals surface area contributed by atoms with Gasteiger partial charge in [-0.15, -0.1) is 0 Å². The molecule has 1 fully saturated rings. The van der Waals surface area contributed by atoms with E-state index in [0.29, 0.717) is 42.1 Å². The molecule has 1 saturated heterocycles. The molecule has 154 valence electrons. The van der Waals surface area contributed by atoms with Crippen LogP contribution in [0, 0.1) is 22.6 Å². The van der Waals surface area contributed by atoms with Crippen molar-refractivity contribution in [3.05, 3.63) is 48.2 Å². The van der Waals surface area contributed by atoms with Crippen LogP contribution in [0.1, 0.15) is 26.0 Å². The molecule has 0 spiro atoms. The first-order valence-electron chi connectivity index (χ1n) is 9.48. The third kappa shape index (κ3) is 4.30. The summed E-state index contributed by atoms with van der Waals surface area (Å²) in [7, 11) is 0.